The van der Waals surface area contributed by atoms with E-state index in [1.165, 1.54) is 0 Å². The summed E-state index contributed by atoms with van der Waals surface area (Å²) in [4.78, 5) is -2.03. The first kappa shape index (κ1) is 15.5. The van der Waals surface area contributed by atoms with Crippen molar-refractivity contribution in [1.82, 2.24) is 0 Å². The first-order valence-electron chi connectivity index (χ1n) is 5.07. The van der Waals surface area contributed by atoms with Crippen molar-refractivity contribution in [3.05, 3.63) is 35.4 Å². The highest BCUT2D eigenvalue weighted by Gasteiger charge is 2.40. The summed E-state index contributed by atoms with van der Waals surface area (Å²) in [5.74, 6) is -1.33. The van der Waals surface area contributed by atoms with Gasteiger partial charge < -0.3 is 0 Å². The first-order valence-corrected chi connectivity index (χ1v) is 7.81. The minimum absolute atomic E-state index is 0.377. The molecule has 0 N–H and O–H groups in total. The third-order valence-electron chi connectivity index (χ3n) is 2.39. The summed E-state index contributed by atoms with van der Waals surface area (Å²) in [6.07, 6.45) is -4.56. The smallest absolute Gasteiger partial charge is 0.228 e. The van der Waals surface area contributed by atoms with Crippen LogP contribution in [0.3, 0.4) is 0 Å². The van der Waals surface area contributed by atoms with Gasteiger partial charge in [-0.2, -0.15) is 13.2 Å². The number of halogens is 4. The Morgan fingerprint density at radius 1 is 1.28 bits per heavy atom. The molecule has 1 unspecified atom stereocenters. The zero-order valence-electron chi connectivity index (χ0n) is 9.54. The van der Waals surface area contributed by atoms with E-state index >= 15 is 0 Å². The number of alkyl halides is 4. The van der Waals surface area contributed by atoms with E-state index in [-0.39, 0.29) is 5.75 Å². The standard InChI is InChI=1S/C11H12BrF3O2S/c1-8-4-2-3-5-9(8)6-18(16,17)7-10(12)11(13,14)15/h2-5,10H,6-7H2,1H3. The number of benzene rings is 1. The van der Waals surface area contributed by atoms with Crippen molar-refractivity contribution in [1.29, 1.82) is 0 Å². The van der Waals surface area contributed by atoms with Crippen LogP contribution >= 0.6 is 15.9 Å². The monoisotopic (exact) mass is 344 g/mol. The maximum Gasteiger partial charge on any atom is 0.402 e. The molecule has 18 heavy (non-hydrogen) atoms. The molecule has 0 saturated heterocycles. The Hall–Kier alpha value is -0.560. The van der Waals surface area contributed by atoms with E-state index in [9.17, 15) is 21.6 Å². The summed E-state index contributed by atoms with van der Waals surface area (Å²) >= 11 is 2.36. The Bertz CT molecular complexity index is 511. The lowest BCUT2D eigenvalue weighted by Gasteiger charge is -2.14. The highest BCUT2D eigenvalue weighted by atomic mass is 79.9. The lowest BCUT2D eigenvalue weighted by Crippen LogP contribution is -2.31. The maximum atomic E-state index is 12.3. The van der Waals surface area contributed by atoms with Gasteiger partial charge in [0.15, 0.2) is 9.84 Å². The molecule has 0 aliphatic carbocycles. The van der Waals surface area contributed by atoms with Gasteiger partial charge in [0.25, 0.3) is 0 Å². The third kappa shape index (κ3) is 4.61. The molecule has 0 spiro atoms. The highest BCUT2D eigenvalue weighted by Crippen LogP contribution is 2.28. The topological polar surface area (TPSA) is 34.1 Å². The van der Waals surface area contributed by atoms with Gasteiger partial charge in [-0.25, -0.2) is 8.42 Å². The van der Waals surface area contributed by atoms with Crippen LogP contribution in [0.25, 0.3) is 0 Å². The maximum absolute atomic E-state index is 12.3. The Balaban J connectivity index is 2.81. The second kappa shape index (κ2) is 5.61. The summed E-state index contributed by atoms with van der Waals surface area (Å²) in [5.41, 5.74) is 1.28. The summed E-state index contributed by atoms with van der Waals surface area (Å²) in [7, 11) is -3.81. The van der Waals surface area contributed by atoms with E-state index in [0.717, 1.165) is 5.56 Å². The van der Waals surface area contributed by atoms with Crippen LogP contribution in [0.4, 0.5) is 13.2 Å². The van der Waals surface area contributed by atoms with Crippen LogP contribution in [0.1, 0.15) is 11.1 Å². The number of aryl methyl sites for hydroxylation is 1. The van der Waals surface area contributed by atoms with Crippen LogP contribution in [0.5, 0.6) is 0 Å². The second-order valence-electron chi connectivity index (χ2n) is 3.99. The summed E-state index contributed by atoms with van der Waals surface area (Å²) in [6.45, 7) is 1.72. The predicted octanol–water partition coefficient (Wildman–Crippen LogP) is 3.24. The van der Waals surface area contributed by atoms with Crippen molar-refractivity contribution >= 4 is 25.8 Å². The molecule has 1 aromatic carbocycles. The van der Waals surface area contributed by atoms with Crippen molar-refractivity contribution in [3.63, 3.8) is 0 Å². The molecule has 1 atom stereocenters. The number of hydrogen-bond acceptors (Lipinski definition) is 2. The molecular formula is C11H12BrF3O2S. The molecule has 0 aliphatic rings. The molecule has 0 radical (unpaired) electrons. The zero-order valence-corrected chi connectivity index (χ0v) is 11.9. The van der Waals surface area contributed by atoms with Gasteiger partial charge in [-0.1, -0.05) is 40.2 Å². The minimum atomic E-state index is -4.56. The molecule has 2 nitrogen and oxygen atoms in total. The predicted molar refractivity (Wildman–Crippen MR) is 67.4 cm³/mol. The Kier molecular flexibility index (Phi) is 4.83. The van der Waals surface area contributed by atoms with Crippen molar-refractivity contribution in [2.45, 2.75) is 23.7 Å². The molecule has 1 rings (SSSR count). The van der Waals surface area contributed by atoms with Crippen LogP contribution in [0, 0.1) is 6.92 Å². The van der Waals surface area contributed by atoms with Gasteiger partial charge in [0, 0.05) is 0 Å². The summed E-state index contributed by atoms with van der Waals surface area (Å²) in [6, 6.07) is 6.73. The van der Waals surface area contributed by atoms with Crippen molar-refractivity contribution in [2.24, 2.45) is 0 Å². The molecule has 1 aromatic rings. The van der Waals surface area contributed by atoms with Crippen molar-refractivity contribution in [3.8, 4) is 0 Å². The largest absolute Gasteiger partial charge is 0.402 e. The minimum Gasteiger partial charge on any atom is -0.228 e. The normalized spacial score (nSPS) is 14.5. The molecule has 7 heteroatoms. The average molecular weight is 345 g/mol. The highest BCUT2D eigenvalue weighted by molar-refractivity contribution is 9.09. The SMILES string of the molecule is Cc1ccccc1CS(=O)(=O)CC(Br)C(F)(F)F. The molecule has 0 saturated carbocycles. The van der Waals surface area contributed by atoms with Gasteiger partial charge >= 0.3 is 6.18 Å². The lowest BCUT2D eigenvalue weighted by atomic mass is 10.1. The third-order valence-corrected chi connectivity index (χ3v) is 5.26. The van der Waals surface area contributed by atoms with Crippen LogP contribution < -0.4 is 0 Å². The van der Waals surface area contributed by atoms with Gasteiger partial charge in [0.05, 0.1) is 11.5 Å². The number of sulfone groups is 1. The quantitative estimate of drug-likeness (QED) is 0.786. The van der Waals surface area contributed by atoms with Crippen LogP contribution in [-0.4, -0.2) is 25.2 Å². The number of rotatable bonds is 4. The summed E-state index contributed by atoms with van der Waals surface area (Å²) in [5, 5.41) is 0. The van der Waals surface area contributed by atoms with Gasteiger partial charge in [-0.05, 0) is 18.1 Å². The lowest BCUT2D eigenvalue weighted by molar-refractivity contribution is -0.123. The fourth-order valence-electron chi connectivity index (χ4n) is 1.39. The molecular weight excluding hydrogens is 333 g/mol. The fraction of sp³-hybridized carbons (Fsp3) is 0.455. The molecule has 102 valence electrons. The van der Waals surface area contributed by atoms with E-state index in [1.807, 2.05) is 0 Å². The van der Waals surface area contributed by atoms with Crippen molar-refractivity contribution < 1.29 is 21.6 Å². The van der Waals surface area contributed by atoms with E-state index in [4.69, 9.17) is 0 Å². The Morgan fingerprint density at radius 3 is 2.33 bits per heavy atom. The van der Waals surface area contributed by atoms with Gasteiger partial charge in [0.1, 0.15) is 4.83 Å². The number of hydrogen-bond donors (Lipinski definition) is 0. The molecule has 0 aromatic heterocycles. The van der Waals surface area contributed by atoms with E-state index in [2.05, 4.69) is 15.9 Å². The zero-order chi connectivity index (χ0) is 14.0. The molecule has 0 amide bonds. The van der Waals surface area contributed by atoms with Gasteiger partial charge in [-0.15, -0.1) is 0 Å². The van der Waals surface area contributed by atoms with E-state index < -0.39 is 26.6 Å². The van der Waals surface area contributed by atoms with Crippen molar-refractivity contribution in [2.75, 3.05) is 5.75 Å². The van der Waals surface area contributed by atoms with E-state index in [1.54, 1.807) is 31.2 Å². The first-order chi connectivity index (χ1) is 8.12. The average Bonchev–Trinajstić information content (AvgIpc) is 2.19. The van der Waals surface area contributed by atoms with Crippen LogP contribution in [-0.2, 0) is 15.6 Å². The second-order valence-corrected chi connectivity index (χ2v) is 7.20. The van der Waals surface area contributed by atoms with E-state index in [0.29, 0.717) is 5.56 Å². The Labute approximate surface area is 112 Å². The molecule has 0 heterocycles. The Morgan fingerprint density at radius 2 is 1.83 bits per heavy atom. The molecule has 0 bridgehead atoms. The van der Waals surface area contributed by atoms with Gasteiger partial charge in [0.2, 0.25) is 0 Å². The molecule has 0 aliphatic heterocycles. The van der Waals surface area contributed by atoms with Gasteiger partial charge in [-0.3, -0.25) is 0 Å². The van der Waals surface area contributed by atoms with Crippen LogP contribution in [0.2, 0.25) is 0 Å². The summed E-state index contributed by atoms with van der Waals surface area (Å²) < 4.78 is 60.2. The molecule has 0 fully saturated rings. The fourth-order valence-corrected chi connectivity index (χ4v) is 4.14. The van der Waals surface area contributed by atoms with Crippen LogP contribution in [0.15, 0.2) is 24.3 Å².